The predicted molar refractivity (Wildman–Crippen MR) is 104 cm³/mol. The van der Waals surface area contributed by atoms with Crippen LogP contribution >= 0.6 is 22.9 Å². The van der Waals surface area contributed by atoms with E-state index in [0.717, 1.165) is 11.3 Å². The molecule has 0 radical (unpaired) electrons. The highest BCUT2D eigenvalue weighted by Gasteiger charge is 2.23. The number of hydrogen-bond donors (Lipinski definition) is 2. The second-order valence-corrected chi connectivity index (χ2v) is 9.71. The van der Waals surface area contributed by atoms with Crippen LogP contribution in [0.25, 0.3) is 0 Å². The smallest absolute Gasteiger partial charge is 0.272 e. The van der Waals surface area contributed by atoms with Crippen LogP contribution in [0.1, 0.15) is 25.8 Å². The zero-order chi connectivity index (χ0) is 20.0. The lowest BCUT2D eigenvalue weighted by Crippen LogP contribution is -2.35. The monoisotopic (exact) mass is 429 g/mol. The lowest BCUT2D eigenvalue weighted by Gasteiger charge is -2.13. The Morgan fingerprint density at radius 1 is 1.37 bits per heavy atom. The number of nitrogens with zero attached hydrogens (tertiary/aromatic N) is 3. The number of hydrogen-bond acceptors (Lipinski definition) is 7. The quantitative estimate of drug-likeness (QED) is 0.694. The predicted octanol–water partition coefficient (Wildman–Crippen LogP) is 2.19. The van der Waals surface area contributed by atoms with Gasteiger partial charge in [0.2, 0.25) is 5.91 Å². The van der Waals surface area contributed by atoms with Gasteiger partial charge in [-0.2, -0.15) is 0 Å². The SMILES string of the molecule is CC(C)C[C@H](N)C(=O)N=S(=O)(NC(=O)Cc1cncnc1)c1cc(Cl)cs1. The standard InChI is InChI=1S/C16H20ClN5O3S2/c1-10(2)3-13(18)16(24)22-27(25,15-5-12(17)8-26-15)21-14(23)4-11-6-19-9-20-7-11/h5-10,13H,3-4,18H2,1-2H3,(H,21,22,23,24,25)/t13-,27?/m0/s1. The Kier molecular flexibility index (Phi) is 7.42. The summed E-state index contributed by atoms with van der Waals surface area (Å²) in [5.74, 6) is -1.16. The normalized spacial score (nSPS) is 14.4. The summed E-state index contributed by atoms with van der Waals surface area (Å²) in [6.07, 6.45) is 4.55. The van der Waals surface area contributed by atoms with Gasteiger partial charge in [0, 0.05) is 17.8 Å². The Morgan fingerprint density at radius 3 is 2.59 bits per heavy atom. The molecular weight excluding hydrogens is 410 g/mol. The van der Waals surface area contributed by atoms with Crippen LogP contribution in [0, 0.1) is 5.92 Å². The minimum Gasteiger partial charge on any atom is -0.320 e. The highest BCUT2D eigenvalue weighted by atomic mass is 35.5. The molecule has 8 nitrogen and oxygen atoms in total. The molecule has 2 heterocycles. The van der Waals surface area contributed by atoms with Crippen molar-refractivity contribution in [3.05, 3.63) is 40.8 Å². The van der Waals surface area contributed by atoms with Crippen molar-refractivity contribution in [2.45, 2.75) is 36.9 Å². The van der Waals surface area contributed by atoms with Gasteiger partial charge in [-0.25, -0.2) is 14.2 Å². The highest BCUT2D eigenvalue weighted by molar-refractivity contribution is 7.94. The topological polar surface area (TPSA) is 127 Å². The van der Waals surface area contributed by atoms with E-state index in [1.54, 1.807) is 5.38 Å². The molecule has 0 spiro atoms. The lowest BCUT2D eigenvalue weighted by molar-refractivity contribution is -0.119. The number of nitrogens with one attached hydrogen (secondary N) is 1. The number of halogens is 1. The van der Waals surface area contributed by atoms with Crippen molar-refractivity contribution >= 4 is 44.7 Å². The zero-order valence-electron chi connectivity index (χ0n) is 14.8. The first-order valence-corrected chi connectivity index (χ1v) is 10.8. The molecule has 11 heteroatoms. The molecule has 0 aliphatic carbocycles. The summed E-state index contributed by atoms with van der Waals surface area (Å²) < 4.78 is 19.7. The number of nitrogens with two attached hydrogens (primary N) is 1. The molecule has 27 heavy (non-hydrogen) atoms. The van der Waals surface area contributed by atoms with Crippen molar-refractivity contribution in [3.8, 4) is 0 Å². The van der Waals surface area contributed by atoms with E-state index >= 15 is 0 Å². The number of rotatable bonds is 7. The van der Waals surface area contributed by atoms with Gasteiger partial charge in [0.1, 0.15) is 10.5 Å². The van der Waals surface area contributed by atoms with Crippen molar-refractivity contribution in [1.82, 2.24) is 14.7 Å². The molecule has 0 aliphatic rings. The summed E-state index contributed by atoms with van der Waals surface area (Å²) in [7, 11) is -3.56. The summed E-state index contributed by atoms with van der Waals surface area (Å²) in [5, 5.41) is 1.88. The van der Waals surface area contributed by atoms with Gasteiger partial charge >= 0.3 is 0 Å². The molecule has 2 aromatic rings. The third-order valence-corrected chi connectivity index (χ3v) is 6.95. The molecular formula is C16H20ClN5O3S2. The first-order valence-electron chi connectivity index (χ1n) is 8.04. The van der Waals surface area contributed by atoms with Gasteiger partial charge in [0.25, 0.3) is 5.91 Å². The average Bonchev–Trinajstić information content (AvgIpc) is 3.02. The molecule has 2 rings (SSSR count). The van der Waals surface area contributed by atoms with Crippen molar-refractivity contribution in [2.75, 3.05) is 0 Å². The summed E-state index contributed by atoms with van der Waals surface area (Å²) in [4.78, 5) is 32.4. The first kappa shape index (κ1) is 21.4. The molecule has 0 aromatic carbocycles. The lowest BCUT2D eigenvalue weighted by atomic mass is 10.0. The van der Waals surface area contributed by atoms with E-state index in [9.17, 15) is 13.8 Å². The Balaban J connectivity index is 2.30. The van der Waals surface area contributed by atoms with Crippen LogP contribution in [0.5, 0.6) is 0 Å². The van der Waals surface area contributed by atoms with Crippen LogP contribution in [0.2, 0.25) is 5.02 Å². The number of carbonyl (C=O) groups is 2. The van der Waals surface area contributed by atoms with Crippen molar-refractivity contribution in [1.29, 1.82) is 0 Å². The van der Waals surface area contributed by atoms with E-state index in [1.165, 1.54) is 24.8 Å². The maximum Gasteiger partial charge on any atom is 0.272 e. The van der Waals surface area contributed by atoms with Crippen LogP contribution < -0.4 is 10.5 Å². The molecule has 2 atom stereocenters. The average molecular weight is 430 g/mol. The third kappa shape index (κ3) is 6.35. The van der Waals surface area contributed by atoms with Crippen LogP contribution in [0.15, 0.2) is 38.7 Å². The van der Waals surface area contributed by atoms with Crippen molar-refractivity contribution in [3.63, 3.8) is 0 Å². The number of carbonyl (C=O) groups excluding carboxylic acids is 2. The van der Waals surface area contributed by atoms with Crippen LogP contribution in [0.3, 0.4) is 0 Å². The molecule has 0 saturated heterocycles. The van der Waals surface area contributed by atoms with Crippen LogP contribution in [-0.4, -0.2) is 32.0 Å². The summed E-state index contributed by atoms with van der Waals surface area (Å²) in [5.41, 5.74) is 6.37. The number of aromatic nitrogens is 2. The summed E-state index contributed by atoms with van der Waals surface area (Å²) >= 11 is 6.94. The molecule has 2 aromatic heterocycles. The second-order valence-electron chi connectivity index (χ2n) is 6.22. The van der Waals surface area contributed by atoms with E-state index in [1.807, 2.05) is 13.8 Å². The minimum absolute atomic E-state index is 0.112. The van der Waals surface area contributed by atoms with Gasteiger partial charge in [-0.15, -0.1) is 15.7 Å². The van der Waals surface area contributed by atoms with E-state index < -0.39 is 27.8 Å². The number of amides is 2. The Labute approximate surface area is 166 Å². The van der Waals surface area contributed by atoms with E-state index in [-0.39, 0.29) is 16.5 Å². The van der Waals surface area contributed by atoms with Crippen molar-refractivity contribution in [2.24, 2.45) is 16.0 Å². The molecule has 3 N–H and O–H groups in total. The molecule has 146 valence electrons. The second kappa shape index (κ2) is 9.36. The fraction of sp³-hybridized carbons (Fsp3) is 0.375. The Hall–Kier alpha value is -1.88. The van der Waals surface area contributed by atoms with E-state index in [4.69, 9.17) is 17.3 Å². The maximum atomic E-state index is 13.3. The highest BCUT2D eigenvalue weighted by Crippen LogP contribution is 2.25. The van der Waals surface area contributed by atoms with Gasteiger partial charge in [0.15, 0.2) is 9.92 Å². The van der Waals surface area contributed by atoms with Gasteiger partial charge < -0.3 is 5.73 Å². The van der Waals surface area contributed by atoms with Gasteiger partial charge in [0.05, 0.1) is 17.5 Å². The van der Waals surface area contributed by atoms with Crippen molar-refractivity contribution < 1.29 is 13.8 Å². The molecule has 1 unspecified atom stereocenters. The van der Waals surface area contributed by atoms with E-state index in [0.29, 0.717) is 17.0 Å². The Morgan fingerprint density at radius 2 is 2.04 bits per heavy atom. The molecule has 0 fully saturated rings. The summed E-state index contributed by atoms with van der Waals surface area (Å²) in [6, 6.07) is 0.506. The van der Waals surface area contributed by atoms with Gasteiger partial charge in [-0.05, 0) is 24.0 Å². The first-order chi connectivity index (χ1) is 12.7. The molecule has 0 bridgehead atoms. The zero-order valence-corrected chi connectivity index (χ0v) is 17.2. The third-order valence-electron chi connectivity index (χ3n) is 3.31. The fourth-order valence-corrected chi connectivity index (χ4v) is 5.22. The molecule has 0 aliphatic heterocycles. The van der Waals surface area contributed by atoms with Gasteiger partial charge in [-0.3, -0.25) is 14.3 Å². The van der Waals surface area contributed by atoms with E-state index in [2.05, 4.69) is 19.1 Å². The minimum atomic E-state index is -3.56. The van der Waals surface area contributed by atoms with Crippen LogP contribution in [-0.2, 0) is 25.9 Å². The molecule has 2 amide bonds. The molecule has 0 saturated carbocycles. The largest absolute Gasteiger partial charge is 0.320 e. The van der Waals surface area contributed by atoms with Gasteiger partial charge in [-0.1, -0.05) is 25.4 Å². The Bertz CT molecular complexity index is 923. The fourth-order valence-electron chi connectivity index (χ4n) is 2.16. The maximum absolute atomic E-state index is 13.3. The number of thiophene rings is 1. The van der Waals surface area contributed by atoms with Crippen LogP contribution in [0.4, 0.5) is 0 Å². The summed E-state index contributed by atoms with van der Waals surface area (Å²) in [6.45, 7) is 3.82.